The van der Waals surface area contributed by atoms with Crippen molar-refractivity contribution in [1.29, 1.82) is 0 Å². The fourth-order valence-electron chi connectivity index (χ4n) is 0.821. The molecule has 2 N–H and O–H groups in total. The van der Waals surface area contributed by atoms with Gasteiger partial charge in [0, 0.05) is 19.8 Å². The molecule has 0 saturated carbocycles. The molecule has 0 heterocycles. The first kappa shape index (κ1) is 17.0. The Bertz CT molecular complexity index is 226. The summed E-state index contributed by atoms with van der Waals surface area (Å²) in [4.78, 5) is 31.3. The van der Waals surface area contributed by atoms with Gasteiger partial charge >= 0.3 is 5.97 Å². The summed E-state index contributed by atoms with van der Waals surface area (Å²) in [5, 5.41) is 10.4. The van der Waals surface area contributed by atoms with E-state index in [1.54, 1.807) is 0 Å². The molecule has 5 heteroatoms. The van der Waals surface area contributed by atoms with E-state index in [2.05, 4.69) is 19.2 Å². The van der Waals surface area contributed by atoms with Gasteiger partial charge in [-0.05, 0) is 12.8 Å². The highest BCUT2D eigenvalue weighted by molar-refractivity contribution is 5.93. The van der Waals surface area contributed by atoms with Crippen LogP contribution in [0.15, 0.2) is 0 Å². The number of carboxylic acids is 1. The molecule has 0 aliphatic rings. The Morgan fingerprint density at radius 3 is 1.88 bits per heavy atom. The first-order valence-corrected chi connectivity index (χ1v) is 5.46. The van der Waals surface area contributed by atoms with Crippen LogP contribution >= 0.6 is 0 Å². The van der Waals surface area contributed by atoms with Gasteiger partial charge < -0.3 is 5.11 Å². The van der Waals surface area contributed by atoms with Gasteiger partial charge in [0.15, 0.2) is 0 Å². The highest BCUT2D eigenvalue weighted by atomic mass is 16.4. The van der Waals surface area contributed by atoms with Crippen LogP contribution in [0.5, 0.6) is 0 Å². The number of imide groups is 1. The van der Waals surface area contributed by atoms with E-state index in [-0.39, 0.29) is 24.7 Å². The number of carboxylic acid groups (broad SMARTS) is 1. The van der Waals surface area contributed by atoms with Crippen molar-refractivity contribution in [2.24, 2.45) is 0 Å². The van der Waals surface area contributed by atoms with Gasteiger partial charge in [0.05, 0.1) is 0 Å². The molecule has 0 rings (SSSR count). The van der Waals surface area contributed by atoms with Crippen LogP contribution in [0.3, 0.4) is 0 Å². The van der Waals surface area contributed by atoms with Crippen molar-refractivity contribution < 1.29 is 19.5 Å². The average Bonchev–Trinajstić information content (AvgIpc) is 2.12. The monoisotopic (exact) mass is 231 g/mol. The number of carbonyl (C=O) groups excluding carboxylic acids is 2. The maximum absolute atomic E-state index is 10.8. The van der Waals surface area contributed by atoms with E-state index >= 15 is 0 Å². The van der Waals surface area contributed by atoms with E-state index in [0.29, 0.717) is 12.8 Å². The molecular weight excluding hydrogens is 210 g/mol. The number of unbranched alkanes of at least 4 members (excludes halogenated alkanes) is 1. The highest BCUT2D eigenvalue weighted by Gasteiger charge is 2.03. The minimum Gasteiger partial charge on any atom is -0.481 e. The molecule has 0 radical (unpaired) electrons. The van der Waals surface area contributed by atoms with Gasteiger partial charge in [0.2, 0.25) is 11.8 Å². The smallest absolute Gasteiger partial charge is 0.303 e. The molecule has 0 aromatic carbocycles. The Hall–Kier alpha value is -1.39. The van der Waals surface area contributed by atoms with Crippen molar-refractivity contribution in [1.82, 2.24) is 5.32 Å². The summed E-state index contributed by atoms with van der Waals surface area (Å²) in [5.41, 5.74) is 0. The van der Waals surface area contributed by atoms with Crippen molar-refractivity contribution in [2.45, 2.75) is 52.9 Å². The number of nitrogens with one attached hydrogen (secondary N) is 1. The lowest BCUT2D eigenvalue weighted by atomic mass is 10.2. The molecule has 0 atom stereocenters. The van der Waals surface area contributed by atoms with Gasteiger partial charge in [-0.3, -0.25) is 19.7 Å². The predicted molar refractivity (Wildman–Crippen MR) is 60.9 cm³/mol. The number of carbonyl (C=O) groups is 3. The van der Waals surface area contributed by atoms with Crippen LogP contribution in [0.25, 0.3) is 0 Å². The van der Waals surface area contributed by atoms with Gasteiger partial charge in [-0.1, -0.05) is 20.3 Å². The lowest BCUT2D eigenvalue weighted by molar-refractivity contribution is -0.137. The third kappa shape index (κ3) is 18.4. The van der Waals surface area contributed by atoms with Crippen molar-refractivity contribution in [3.05, 3.63) is 0 Å². The number of amides is 2. The molecule has 2 amide bonds. The Balaban J connectivity index is 0. The number of hydrogen-bond donors (Lipinski definition) is 2. The Morgan fingerprint density at radius 2 is 1.50 bits per heavy atom. The van der Waals surface area contributed by atoms with Gasteiger partial charge in [0.25, 0.3) is 0 Å². The number of rotatable bonds is 5. The molecule has 0 aromatic heterocycles. The lowest BCUT2D eigenvalue weighted by Crippen LogP contribution is -2.27. The second kappa shape index (κ2) is 11.7. The van der Waals surface area contributed by atoms with Crippen molar-refractivity contribution in [3.8, 4) is 0 Å². The maximum atomic E-state index is 10.8. The third-order valence-corrected chi connectivity index (χ3v) is 1.36. The second-order valence-corrected chi connectivity index (χ2v) is 3.41. The predicted octanol–water partition coefficient (Wildman–Crippen LogP) is 1.71. The second-order valence-electron chi connectivity index (χ2n) is 3.41. The average molecular weight is 231 g/mol. The molecule has 16 heavy (non-hydrogen) atoms. The van der Waals surface area contributed by atoms with E-state index in [4.69, 9.17) is 5.11 Å². The zero-order valence-electron chi connectivity index (χ0n) is 10.2. The van der Waals surface area contributed by atoms with Crippen LogP contribution in [0.4, 0.5) is 0 Å². The van der Waals surface area contributed by atoms with Crippen molar-refractivity contribution in [2.75, 3.05) is 0 Å². The fourth-order valence-corrected chi connectivity index (χ4v) is 0.821. The Kier molecular flexibility index (Phi) is 12.4. The molecule has 0 spiro atoms. The zero-order valence-corrected chi connectivity index (χ0v) is 10.2. The zero-order chi connectivity index (χ0) is 13.0. The van der Waals surface area contributed by atoms with Crippen LogP contribution in [-0.4, -0.2) is 22.9 Å². The van der Waals surface area contributed by atoms with E-state index in [0.717, 1.165) is 0 Å². The summed E-state index contributed by atoms with van der Waals surface area (Å²) < 4.78 is 0. The largest absolute Gasteiger partial charge is 0.481 e. The van der Waals surface area contributed by atoms with Crippen LogP contribution in [-0.2, 0) is 14.4 Å². The SMILES string of the molecule is CC(=O)NC(=O)CCCCC(=O)O.CCC. The topological polar surface area (TPSA) is 83.5 Å². The maximum Gasteiger partial charge on any atom is 0.303 e. The van der Waals surface area contributed by atoms with E-state index in [1.165, 1.54) is 13.3 Å². The number of aliphatic carboxylic acids is 1. The van der Waals surface area contributed by atoms with E-state index < -0.39 is 5.97 Å². The van der Waals surface area contributed by atoms with Crippen molar-refractivity contribution >= 4 is 17.8 Å². The molecule has 0 aromatic rings. The summed E-state index contributed by atoms with van der Waals surface area (Å²) in [5.74, 6) is -1.60. The minimum atomic E-state index is -0.869. The first-order valence-electron chi connectivity index (χ1n) is 5.46. The van der Waals surface area contributed by atoms with Crippen molar-refractivity contribution in [3.63, 3.8) is 0 Å². The van der Waals surface area contributed by atoms with Crippen LogP contribution < -0.4 is 5.32 Å². The fraction of sp³-hybridized carbons (Fsp3) is 0.727. The van der Waals surface area contributed by atoms with Gasteiger partial charge in [0.1, 0.15) is 0 Å². The summed E-state index contributed by atoms with van der Waals surface area (Å²) in [6, 6.07) is 0. The van der Waals surface area contributed by atoms with Gasteiger partial charge in [-0.2, -0.15) is 0 Å². The van der Waals surface area contributed by atoms with E-state index in [1.807, 2.05) is 0 Å². The van der Waals surface area contributed by atoms with E-state index in [9.17, 15) is 14.4 Å². The lowest BCUT2D eigenvalue weighted by Gasteiger charge is -1.99. The molecular formula is C11H21NO4. The molecule has 0 aliphatic heterocycles. The van der Waals surface area contributed by atoms with Crippen LogP contribution in [0, 0.1) is 0 Å². The summed E-state index contributed by atoms with van der Waals surface area (Å²) in [6.45, 7) is 5.51. The van der Waals surface area contributed by atoms with Gasteiger partial charge in [-0.25, -0.2) is 0 Å². The standard InChI is InChI=1S/C8H13NO4.C3H8/c1-6(10)9-7(11)4-2-3-5-8(12)13;1-3-2/h2-5H2,1H3,(H,12,13)(H,9,10,11);3H2,1-2H3. The van der Waals surface area contributed by atoms with Gasteiger partial charge in [-0.15, -0.1) is 0 Å². The Labute approximate surface area is 96.2 Å². The summed E-state index contributed by atoms with van der Waals surface area (Å²) in [6.07, 6.45) is 2.46. The van der Waals surface area contributed by atoms with Crippen LogP contribution in [0.2, 0.25) is 0 Å². The molecule has 0 fully saturated rings. The summed E-state index contributed by atoms with van der Waals surface area (Å²) in [7, 11) is 0. The number of hydrogen-bond acceptors (Lipinski definition) is 3. The minimum absolute atomic E-state index is 0.0628. The Morgan fingerprint density at radius 1 is 1.06 bits per heavy atom. The first-order chi connectivity index (χ1) is 7.43. The molecule has 0 bridgehead atoms. The molecule has 94 valence electrons. The quantitative estimate of drug-likeness (QED) is 0.705. The summed E-state index contributed by atoms with van der Waals surface area (Å²) >= 11 is 0. The molecule has 0 aliphatic carbocycles. The molecule has 0 saturated heterocycles. The molecule has 5 nitrogen and oxygen atoms in total. The highest BCUT2D eigenvalue weighted by Crippen LogP contribution is 1.99. The third-order valence-electron chi connectivity index (χ3n) is 1.36. The normalized spacial score (nSPS) is 8.69. The molecule has 0 unspecified atom stereocenters. The van der Waals surface area contributed by atoms with Crippen LogP contribution in [0.1, 0.15) is 52.9 Å².